The number of hydrogen-bond acceptors (Lipinski definition) is 5. The van der Waals surface area contributed by atoms with Gasteiger partial charge in [0.05, 0.1) is 16.5 Å². The molecule has 1 amide bonds. The van der Waals surface area contributed by atoms with Gasteiger partial charge < -0.3 is 14.8 Å². The minimum Gasteiger partial charge on any atom is -0.494 e. The summed E-state index contributed by atoms with van der Waals surface area (Å²) in [7, 11) is -3.79. The second kappa shape index (κ2) is 11.1. The fourth-order valence-electron chi connectivity index (χ4n) is 2.96. The zero-order valence-electron chi connectivity index (χ0n) is 18.2. The Balaban J connectivity index is 1.64. The largest absolute Gasteiger partial charge is 0.494 e. The molecule has 0 saturated heterocycles. The molecule has 0 heterocycles. The Kier molecular flexibility index (Phi) is 8.19. The number of hydrogen-bond donors (Lipinski definition) is 2. The Bertz CT molecular complexity index is 1180. The highest BCUT2D eigenvalue weighted by atomic mass is 35.5. The maximum atomic E-state index is 12.7. The van der Waals surface area contributed by atoms with Gasteiger partial charge in [-0.05, 0) is 74.0 Å². The van der Waals surface area contributed by atoms with Crippen LogP contribution in [0.3, 0.4) is 0 Å². The first-order chi connectivity index (χ1) is 15.8. The lowest BCUT2D eigenvalue weighted by Gasteiger charge is -2.18. The fraction of sp³-hybridized carbons (Fsp3) is 0.208. The van der Waals surface area contributed by atoms with Crippen molar-refractivity contribution in [1.29, 1.82) is 0 Å². The number of para-hydroxylation sites is 1. The van der Waals surface area contributed by atoms with E-state index in [9.17, 15) is 13.2 Å². The van der Waals surface area contributed by atoms with E-state index in [1.807, 2.05) is 13.8 Å². The molecule has 0 aliphatic heterocycles. The first-order valence-corrected chi connectivity index (χ1v) is 12.3. The molecular formula is C24H25ClN2O5S. The van der Waals surface area contributed by atoms with E-state index in [-0.39, 0.29) is 10.8 Å². The summed E-state index contributed by atoms with van der Waals surface area (Å²) < 4.78 is 39.0. The van der Waals surface area contributed by atoms with Crippen molar-refractivity contribution in [2.45, 2.75) is 31.3 Å². The third kappa shape index (κ3) is 6.63. The van der Waals surface area contributed by atoms with E-state index in [4.69, 9.17) is 21.1 Å². The summed E-state index contributed by atoms with van der Waals surface area (Å²) >= 11 is 6.10. The molecule has 0 radical (unpaired) electrons. The van der Waals surface area contributed by atoms with Crippen LogP contribution in [-0.4, -0.2) is 27.0 Å². The third-order valence-electron chi connectivity index (χ3n) is 4.62. The second-order valence-corrected chi connectivity index (χ2v) is 9.11. The van der Waals surface area contributed by atoms with Crippen LogP contribution in [0.4, 0.5) is 11.4 Å². The number of ether oxygens (including phenoxy) is 2. The lowest BCUT2D eigenvalue weighted by Crippen LogP contribution is -2.32. The van der Waals surface area contributed by atoms with Crippen LogP contribution in [0.1, 0.15) is 20.3 Å². The molecule has 3 aromatic carbocycles. The minimum atomic E-state index is -3.79. The standard InChI is InChI=1S/C24H25ClN2O5S/c1-3-22(32-23-8-6-5-7-21(23)25)24(28)26-17-11-15-20(16-12-17)33(29,30)27-18-9-13-19(14-10-18)31-4-2/h5-16,22,27H,3-4H2,1-2H3,(H,26,28)/t22-/m0/s1. The summed E-state index contributed by atoms with van der Waals surface area (Å²) in [5.41, 5.74) is 0.861. The molecule has 0 bridgehead atoms. The van der Waals surface area contributed by atoms with Gasteiger partial charge in [-0.15, -0.1) is 0 Å². The van der Waals surface area contributed by atoms with Crippen molar-refractivity contribution in [1.82, 2.24) is 0 Å². The molecule has 33 heavy (non-hydrogen) atoms. The number of sulfonamides is 1. The Morgan fingerprint density at radius 1 is 0.939 bits per heavy atom. The van der Waals surface area contributed by atoms with Gasteiger partial charge in [-0.25, -0.2) is 8.42 Å². The summed E-state index contributed by atoms with van der Waals surface area (Å²) in [5, 5.41) is 3.16. The average Bonchev–Trinajstić information content (AvgIpc) is 2.80. The van der Waals surface area contributed by atoms with E-state index in [1.165, 1.54) is 24.3 Å². The number of amides is 1. The lowest BCUT2D eigenvalue weighted by molar-refractivity contribution is -0.122. The Hall–Kier alpha value is -3.23. The Morgan fingerprint density at radius 3 is 2.18 bits per heavy atom. The summed E-state index contributed by atoms with van der Waals surface area (Å²) in [6.45, 7) is 4.22. The maximum absolute atomic E-state index is 12.7. The van der Waals surface area contributed by atoms with Crippen LogP contribution in [0.5, 0.6) is 11.5 Å². The third-order valence-corrected chi connectivity index (χ3v) is 6.33. The highest BCUT2D eigenvalue weighted by molar-refractivity contribution is 7.92. The van der Waals surface area contributed by atoms with Gasteiger partial charge >= 0.3 is 0 Å². The number of benzene rings is 3. The smallest absolute Gasteiger partial charge is 0.265 e. The summed E-state index contributed by atoms with van der Waals surface area (Å²) in [6.07, 6.45) is -0.329. The van der Waals surface area contributed by atoms with Crippen LogP contribution < -0.4 is 19.5 Å². The number of rotatable bonds is 10. The molecule has 1 atom stereocenters. The van der Waals surface area contributed by atoms with Gasteiger partial charge in [-0.1, -0.05) is 30.7 Å². The molecule has 0 aromatic heterocycles. The summed E-state index contributed by atoms with van der Waals surface area (Å²) in [4.78, 5) is 12.7. The van der Waals surface area contributed by atoms with Crippen LogP contribution in [0.15, 0.2) is 77.7 Å². The first kappa shape index (κ1) is 24.4. The van der Waals surface area contributed by atoms with Crippen molar-refractivity contribution in [3.8, 4) is 11.5 Å². The molecule has 0 spiro atoms. The van der Waals surface area contributed by atoms with E-state index in [2.05, 4.69) is 10.0 Å². The molecule has 3 aromatic rings. The van der Waals surface area contributed by atoms with Gasteiger partial charge in [0.25, 0.3) is 15.9 Å². The molecule has 0 aliphatic rings. The zero-order chi connectivity index (χ0) is 23.8. The van der Waals surface area contributed by atoms with Crippen molar-refractivity contribution >= 4 is 38.9 Å². The molecule has 0 fully saturated rings. The van der Waals surface area contributed by atoms with Crippen LogP contribution in [0.25, 0.3) is 0 Å². The van der Waals surface area contributed by atoms with Gasteiger partial charge in [-0.2, -0.15) is 0 Å². The topological polar surface area (TPSA) is 93.7 Å². The molecule has 2 N–H and O–H groups in total. The Morgan fingerprint density at radius 2 is 1.58 bits per heavy atom. The van der Waals surface area contributed by atoms with Crippen LogP contribution in [0, 0.1) is 0 Å². The van der Waals surface area contributed by atoms with Gasteiger partial charge in [0.1, 0.15) is 11.5 Å². The van der Waals surface area contributed by atoms with E-state index in [0.717, 1.165) is 0 Å². The molecule has 3 rings (SSSR count). The predicted molar refractivity (Wildman–Crippen MR) is 130 cm³/mol. The molecular weight excluding hydrogens is 464 g/mol. The summed E-state index contributed by atoms with van der Waals surface area (Å²) in [5.74, 6) is 0.716. The zero-order valence-corrected chi connectivity index (χ0v) is 19.8. The van der Waals surface area contributed by atoms with Crippen LogP contribution in [0.2, 0.25) is 5.02 Å². The highest BCUT2D eigenvalue weighted by Crippen LogP contribution is 2.25. The van der Waals surface area contributed by atoms with Gasteiger partial charge in [0.2, 0.25) is 0 Å². The van der Waals surface area contributed by atoms with Crippen LogP contribution in [-0.2, 0) is 14.8 Å². The number of carbonyl (C=O) groups excluding carboxylic acids is 1. The normalized spacial score (nSPS) is 12.0. The molecule has 0 aliphatic carbocycles. The summed E-state index contributed by atoms with van der Waals surface area (Å²) in [6, 6.07) is 19.4. The molecule has 0 saturated carbocycles. The molecule has 7 nitrogen and oxygen atoms in total. The molecule has 9 heteroatoms. The second-order valence-electron chi connectivity index (χ2n) is 7.02. The van der Waals surface area contributed by atoms with E-state index >= 15 is 0 Å². The van der Waals surface area contributed by atoms with E-state index in [1.54, 1.807) is 48.5 Å². The number of anilines is 2. The van der Waals surface area contributed by atoms with E-state index < -0.39 is 16.1 Å². The van der Waals surface area contributed by atoms with E-state index in [0.29, 0.717) is 40.9 Å². The minimum absolute atomic E-state index is 0.0637. The Labute approximate surface area is 198 Å². The highest BCUT2D eigenvalue weighted by Gasteiger charge is 2.20. The number of nitrogens with one attached hydrogen (secondary N) is 2. The number of halogens is 1. The number of carbonyl (C=O) groups is 1. The monoisotopic (exact) mass is 488 g/mol. The van der Waals surface area contributed by atoms with Crippen molar-refractivity contribution in [2.75, 3.05) is 16.6 Å². The van der Waals surface area contributed by atoms with Crippen molar-refractivity contribution in [3.63, 3.8) is 0 Å². The van der Waals surface area contributed by atoms with Crippen LogP contribution >= 0.6 is 11.6 Å². The molecule has 0 unspecified atom stereocenters. The average molecular weight is 489 g/mol. The van der Waals surface area contributed by atoms with Crippen molar-refractivity contribution in [3.05, 3.63) is 77.8 Å². The quantitative estimate of drug-likeness (QED) is 0.402. The van der Waals surface area contributed by atoms with Crippen molar-refractivity contribution in [2.24, 2.45) is 0 Å². The first-order valence-electron chi connectivity index (χ1n) is 10.4. The van der Waals surface area contributed by atoms with Gasteiger partial charge in [-0.3, -0.25) is 9.52 Å². The molecule has 174 valence electrons. The predicted octanol–water partition coefficient (Wildman–Crippen LogP) is 5.34. The fourth-order valence-corrected chi connectivity index (χ4v) is 4.19. The maximum Gasteiger partial charge on any atom is 0.265 e. The van der Waals surface area contributed by atoms with Gasteiger partial charge in [0, 0.05) is 11.4 Å². The SMILES string of the molecule is CCOc1ccc(NS(=O)(=O)c2ccc(NC(=O)[C@H](CC)Oc3ccccc3Cl)cc2)cc1. The van der Waals surface area contributed by atoms with Crippen molar-refractivity contribution < 1.29 is 22.7 Å². The lowest BCUT2D eigenvalue weighted by atomic mass is 10.2. The van der Waals surface area contributed by atoms with Gasteiger partial charge in [0.15, 0.2) is 6.10 Å².